The number of carboxylic acid groups (broad SMARTS) is 1. The molecule has 1 heterocycles. The van der Waals surface area contributed by atoms with Gasteiger partial charge in [-0.15, -0.1) is 0 Å². The van der Waals surface area contributed by atoms with Crippen LogP contribution in [0.15, 0.2) is 6.07 Å². The van der Waals surface area contributed by atoms with Gasteiger partial charge in [0.1, 0.15) is 0 Å². The van der Waals surface area contributed by atoms with Crippen LogP contribution < -0.4 is 0 Å². The number of aliphatic hydroxyl groups is 1. The van der Waals surface area contributed by atoms with E-state index in [1.165, 1.54) is 0 Å². The predicted octanol–water partition coefficient (Wildman–Crippen LogP) is 1.11. The number of aromatic nitrogens is 1. The molecule has 2 rings (SSSR count). The first-order chi connectivity index (χ1) is 6.95. The standard InChI is InChI=1S/C11H15NO3/c1-6-3-9(7(2)12-6)11(10(14)15)4-8(13)5-11/h3,8,12-13H,4-5H2,1-2H3,(H,14,15). The third-order valence-corrected chi connectivity index (χ3v) is 3.24. The number of aryl methyl sites for hydroxylation is 2. The molecule has 0 atom stereocenters. The van der Waals surface area contributed by atoms with Crippen molar-refractivity contribution in [1.29, 1.82) is 0 Å². The third-order valence-electron chi connectivity index (χ3n) is 3.24. The topological polar surface area (TPSA) is 73.3 Å². The molecule has 3 N–H and O–H groups in total. The molecular weight excluding hydrogens is 194 g/mol. The molecule has 0 saturated heterocycles. The first-order valence-corrected chi connectivity index (χ1v) is 5.04. The van der Waals surface area contributed by atoms with E-state index in [1.54, 1.807) is 0 Å². The maximum absolute atomic E-state index is 11.3. The van der Waals surface area contributed by atoms with Crippen molar-refractivity contribution in [2.24, 2.45) is 0 Å². The van der Waals surface area contributed by atoms with Gasteiger partial charge in [-0.3, -0.25) is 4.79 Å². The number of aliphatic hydroxyl groups excluding tert-OH is 1. The Morgan fingerprint density at radius 3 is 2.47 bits per heavy atom. The van der Waals surface area contributed by atoms with Crippen LogP contribution in [0.25, 0.3) is 0 Å². The van der Waals surface area contributed by atoms with Crippen molar-refractivity contribution in [3.8, 4) is 0 Å². The van der Waals surface area contributed by atoms with Crippen LogP contribution in [-0.2, 0) is 10.2 Å². The van der Waals surface area contributed by atoms with Gasteiger partial charge in [0.05, 0.1) is 11.5 Å². The van der Waals surface area contributed by atoms with Crippen LogP contribution in [-0.4, -0.2) is 27.3 Å². The second kappa shape index (κ2) is 3.10. The van der Waals surface area contributed by atoms with Crippen molar-refractivity contribution >= 4 is 5.97 Å². The monoisotopic (exact) mass is 209 g/mol. The van der Waals surface area contributed by atoms with Crippen molar-refractivity contribution < 1.29 is 15.0 Å². The Hall–Kier alpha value is -1.29. The van der Waals surface area contributed by atoms with Crippen LogP contribution >= 0.6 is 0 Å². The van der Waals surface area contributed by atoms with E-state index in [0.29, 0.717) is 12.8 Å². The van der Waals surface area contributed by atoms with E-state index in [1.807, 2.05) is 19.9 Å². The van der Waals surface area contributed by atoms with Gasteiger partial charge in [-0.1, -0.05) is 0 Å². The Morgan fingerprint density at radius 2 is 2.13 bits per heavy atom. The summed E-state index contributed by atoms with van der Waals surface area (Å²) >= 11 is 0. The van der Waals surface area contributed by atoms with Gasteiger partial charge in [0.15, 0.2) is 0 Å². The van der Waals surface area contributed by atoms with Gasteiger partial charge in [-0.25, -0.2) is 0 Å². The fourth-order valence-corrected chi connectivity index (χ4v) is 2.48. The molecule has 0 radical (unpaired) electrons. The van der Waals surface area contributed by atoms with Crippen molar-refractivity contribution in [2.45, 2.75) is 38.2 Å². The average Bonchev–Trinajstić information content (AvgIpc) is 2.39. The number of carboxylic acids is 1. The second-order valence-corrected chi connectivity index (χ2v) is 4.44. The van der Waals surface area contributed by atoms with Gasteiger partial charge in [-0.05, 0) is 38.3 Å². The normalized spacial score (nSPS) is 29.9. The van der Waals surface area contributed by atoms with Crippen LogP contribution in [0, 0.1) is 13.8 Å². The first-order valence-electron chi connectivity index (χ1n) is 5.04. The summed E-state index contributed by atoms with van der Waals surface area (Å²) < 4.78 is 0. The lowest BCUT2D eigenvalue weighted by Crippen LogP contribution is -2.50. The Balaban J connectivity index is 2.43. The summed E-state index contributed by atoms with van der Waals surface area (Å²) in [6, 6.07) is 1.87. The molecule has 0 aliphatic heterocycles. The van der Waals surface area contributed by atoms with Crippen LogP contribution in [0.1, 0.15) is 29.8 Å². The van der Waals surface area contributed by atoms with E-state index in [-0.39, 0.29) is 0 Å². The molecule has 4 heteroatoms. The number of H-pyrrole nitrogens is 1. The molecule has 0 unspecified atom stereocenters. The summed E-state index contributed by atoms with van der Waals surface area (Å²) in [4.78, 5) is 14.4. The highest BCUT2D eigenvalue weighted by Crippen LogP contribution is 2.45. The fourth-order valence-electron chi connectivity index (χ4n) is 2.48. The Kier molecular flexibility index (Phi) is 2.12. The zero-order valence-electron chi connectivity index (χ0n) is 8.87. The van der Waals surface area contributed by atoms with Crippen molar-refractivity contribution in [3.05, 3.63) is 23.0 Å². The third kappa shape index (κ3) is 1.36. The molecule has 82 valence electrons. The van der Waals surface area contributed by atoms with Crippen LogP contribution in [0.2, 0.25) is 0 Å². The minimum absolute atomic E-state index is 0.320. The predicted molar refractivity (Wildman–Crippen MR) is 54.8 cm³/mol. The molecule has 1 aromatic heterocycles. The Morgan fingerprint density at radius 1 is 1.53 bits per heavy atom. The molecule has 0 bridgehead atoms. The number of hydrogen-bond acceptors (Lipinski definition) is 2. The van der Waals surface area contributed by atoms with Crippen molar-refractivity contribution in [1.82, 2.24) is 4.98 Å². The number of nitrogens with one attached hydrogen (secondary N) is 1. The molecule has 1 fully saturated rings. The summed E-state index contributed by atoms with van der Waals surface area (Å²) in [5, 5.41) is 18.6. The van der Waals surface area contributed by atoms with E-state index < -0.39 is 17.5 Å². The van der Waals surface area contributed by atoms with Gasteiger partial charge in [-0.2, -0.15) is 0 Å². The first kappa shape index (κ1) is 10.2. The number of rotatable bonds is 2. The van der Waals surface area contributed by atoms with Crippen molar-refractivity contribution in [2.75, 3.05) is 0 Å². The quantitative estimate of drug-likeness (QED) is 0.683. The van der Waals surface area contributed by atoms with E-state index >= 15 is 0 Å². The van der Waals surface area contributed by atoms with Crippen molar-refractivity contribution in [3.63, 3.8) is 0 Å². The molecule has 0 aromatic carbocycles. The average molecular weight is 209 g/mol. The molecule has 1 aromatic rings. The molecule has 1 saturated carbocycles. The van der Waals surface area contributed by atoms with E-state index in [9.17, 15) is 15.0 Å². The highest BCUT2D eigenvalue weighted by atomic mass is 16.4. The number of hydrogen-bond donors (Lipinski definition) is 3. The summed E-state index contributed by atoms with van der Waals surface area (Å²) in [5.41, 5.74) is 1.80. The van der Waals surface area contributed by atoms with Gasteiger partial charge in [0.25, 0.3) is 0 Å². The lowest BCUT2D eigenvalue weighted by molar-refractivity contribution is -0.153. The smallest absolute Gasteiger partial charge is 0.314 e. The van der Waals surface area contributed by atoms with Gasteiger partial charge in [0.2, 0.25) is 0 Å². The number of aromatic amines is 1. The molecule has 0 amide bonds. The number of aliphatic carboxylic acids is 1. The second-order valence-electron chi connectivity index (χ2n) is 4.44. The van der Waals surface area contributed by atoms with E-state index in [2.05, 4.69) is 4.98 Å². The lowest BCUT2D eigenvalue weighted by atomic mass is 9.62. The molecule has 1 aliphatic rings. The van der Waals surface area contributed by atoms with Gasteiger partial charge in [0, 0.05) is 11.4 Å². The summed E-state index contributed by atoms with van der Waals surface area (Å²) in [5.74, 6) is -0.838. The zero-order valence-corrected chi connectivity index (χ0v) is 8.87. The SMILES string of the molecule is Cc1cc(C2(C(=O)O)CC(O)C2)c(C)[nH]1. The Bertz CT molecular complexity index is 402. The summed E-state index contributed by atoms with van der Waals surface area (Å²) in [6.07, 6.45) is 0.164. The van der Waals surface area contributed by atoms with Crippen LogP contribution in [0.5, 0.6) is 0 Å². The maximum Gasteiger partial charge on any atom is 0.314 e. The fraction of sp³-hybridized carbons (Fsp3) is 0.545. The van der Waals surface area contributed by atoms with E-state index in [0.717, 1.165) is 17.0 Å². The molecule has 1 aliphatic carbocycles. The highest BCUT2D eigenvalue weighted by Gasteiger charge is 2.52. The van der Waals surface area contributed by atoms with E-state index in [4.69, 9.17) is 0 Å². The minimum Gasteiger partial charge on any atom is -0.481 e. The summed E-state index contributed by atoms with van der Waals surface area (Å²) in [7, 11) is 0. The molecule has 4 nitrogen and oxygen atoms in total. The van der Waals surface area contributed by atoms with Crippen LogP contribution in [0.4, 0.5) is 0 Å². The molecule has 0 spiro atoms. The minimum atomic E-state index is -0.867. The van der Waals surface area contributed by atoms with Gasteiger partial charge >= 0.3 is 5.97 Å². The largest absolute Gasteiger partial charge is 0.481 e. The number of carbonyl (C=O) groups is 1. The molecule has 15 heavy (non-hydrogen) atoms. The summed E-state index contributed by atoms with van der Waals surface area (Å²) in [6.45, 7) is 3.78. The van der Waals surface area contributed by atoms with Gasteiger partial charge < -0.3 is 15.2 Å². The molecular formula is C11H15NO3. The Labute approximate surface area is 87.9 Å². The van der Waals surface area contributed by atoms with Crippen LogP contribution in [0.3, 0.4) is 0 Å². The maximum atomic E-state index is 11.3. The highest BCUT2D eigenvalue weighted by molar-refractivity contribution is 5.83. The zero-order chi connectivity index (χ0) is 11.2. The lowest BCUT2D eigenvalue weighted by Gasteiger charge is -2.41.